The van der Waals surface area contributed by atoms with Crippen molar-refractivity contribution in [3.05, 3.63) is 35.9 Å². The minimum absolute atomic E-state index is 0.438. The van der Waals surface area contributed by atoms with E-state index in [9.17, 15) is 8.42 Å². The van der Waals surface area contributed by atoms with Crippen molar-refractivity contribution >= 4 is 15.7 Å². The van der Waals surface area contributed by atoms with Gasteiger partial charge in [-0.05, 0) is 36.2 Å². The molecular formula is C22H30N2O7S. The summed E-state index contributed by atoms with van der Waals surface area (Å²) in [7, 11) is 1.43. The summed E-state index contributed by atoms with van der Waals surface area (Å²) in [5.41, 5.74) is 1.51. The predicted octanol–water partition coefficient (Wildman–Crippen LogP) is 2.40. The Balaban J connectivity index is 1.64. The maximum atomic E-state index is 11.5. The topological polar surface area (TPSA) is 95.6 Å². The van der Waals surface area contributed by atoms with Crippen LogP contribution in [0.4, 0.5) is 5.69 Å². The van der Waals surface area contributed by atoms with E-state index in [0.717, 1.165) is 31.3 Å². The zero-order valence-corrected chi connectivity index (χ0v) is 19.7. The van der Waals surface area contributed by atoms with E-state index < -0.39 is 10.0 Å². The summed E-state index contributed by atoms with van der Waals surface area (Å²) < 4.78 is 53.5. The molecule has 1 N–H and O–H groups in total. The van der Waals surface area contributed by atoms with Crippen molar-refractivity contribution in [2.45, 2.75) is 6.42 Å². The fourth-order valence-electron chi connectivity index (χ4n) is 3.49. The molecule has 0 aromatic heterocycles. The Kier molecular flexibility index (Phi) is 7.92. The number of anilines is 1. The number of benzene rings is 2. The highest BCUT2D eigenvalue weighted by Gasteiger charge is 2.16. The lowest BCUT2D eigenvalue weighted by Crippen LogP contribution is -2.33. The van der Waals surface area contributed by atoms with Crippen molar-refractivity contribution in [2.24, 2.45) is 0 Å². The Hall–Kier alpha value is -2.85. The molecule has 0 bridgehead atoms. The van der Waals surface area contributed by atoms with Gasteiger partial charge in [-0.3, -0.25) is 9.62 Å². The second kappa shape index (κ2) is 10.6. The zero-order valence-electron chi connectivity index (χ0n) is 18.8. The van der Waals surface area contributed by atoms with Crippen molar-refractivity contribution in [2.75, 3.05) is 65.2 Å². The maximum Gasteiger partial charge on any atom is 0.229 e. The van der Waals surface area contributed by atoms with Gasteiger partial charge in [0.05, 0.1) is 33.3 Å². The summed E-state index contributed by atoms with van der Waals surface area (Å²) in [5, 5.41) is 0. The summed E-state index contributed by atoms with van der Waals surface area (Å²) in [6, 6.07) is 8.92. The summed E-state index contributed by atoms with van der Waals surface area (Å²) in [6.45, 7) is 3.18. The van der Waals surface area contributed by atoms with Crippen molar-refractivity contribution in [3.8, 4) is 28.7 Å². The fourth-order valence-corrected chi connectivity index (χ4v) is 4.04. The van der Waals surface area contributed by atoms with Crippen molar-refractivity contribution in [1.82, 2.24) is 4.90 Å². The van der Waals surface area contributed by atoms with Gasteiger partial charge in [-0.15, -0.1) is 0 Å². The molecule has 0 fully saturated rings. The van der Waals surface area contributed by atoms with E-state index in [4.69, 9.17) is 23.7 Å². The number of methoxy groups -OCH3 is 3. The van der Waals surface area contributed by atoms with Gasteiger partial charge in [0.1, 0.15) is 13.2 Å². The largest absolute Gasteiger partial charge is 0.493 e. The number of nitrogens with one attached hydrogen (secondary N) is 1. The molecular weight excluding hydrogens is 436 g/mol. The lowest BCUT2D eigenvalue weighted by Gasteiger charge is -2.21. The molecule has 1 heterocycles. The molecule has 2 aromatic carbocycles. The third kappa shape index (κ3) is 6.33. The van der Waals surface area contributed by atoms with Gasteiger partial charge in [-0.25, -0.2) is 8.42 Å². The lowest BCUT2D eigenvalue weighted by atomic mass is 10.1. The molecule has 0 spiro atoms. The highest BCUT2D eigenvalue weighted by Crippen LogP contribution is 2.38. The molecule has 0 saturated carbocycles. The maximum absolute atomic E-state index is 11.5. The van der Waals surface area contributed by atoms with Crippen LogP contribution >= 0.6 is 0 Å². The number of rotatable bonds is 8. The lowest BCUT2D eigenvalue weighted by molar-refractivity contribution is 0.198. The van der Waals surface area contributed by atoms with E-state index in [2.05, 4.69) is 9.62 Å². The summed E-state index contributed by atoms with van der Waals surface area (Å²) in [5.74, 6) is 2.95. The summed E-state index contributed by atoms with van der Waals surface area (Å²) in [4.78, 5) is 2.25. The second-order valence-electron chi connectivity index (χ2n) is 7.36. The van der Waals surface area contributed by atoms with Crippen molar-refractivity contribution in [3.63, 3.8) is 0 Å². The van der Waals surface area contributed by atoms with Gasteiger partial charge in [0.25, 0.3) is 0 Å². The van der Waals surface area contributed by atoms with E-state index in [1.807, 2.05) is 12.1 Å². The smallest absolute Gasteiger partial charge is 0.229 e. The van der Waals surface area contributed by atoms with Crippen molar-refractivity contribution in [1.29, 1.82) is 0 Å². The summed E-state index contributed by atoms with van der Waals surface area (Å²) >= 11 is 0. The first kappa shape index (κ1) is 23.8. The third-order valence-electron chi connectivity index (χ3n) is 5.02. The highest BCUT2D eigenvalue weighted by molar-refractivity contribution is 7.92. The van der Waals surface area contributed by atoms with Gasteiger partial charge in [0.2, 0.25) is 15.8 Å². The molecule has 3 rings (SSSR count). The van der Waals surface area contributed by atoms with Gasteiger partial charge in [0, 0.05) is 25.7 Å². The quantitative estimate of drug-likeness (QED) is 0.634. The number of ether oxygens (including phenoxy) is 5. The van der Waals surface area contributed by atoms with Crippen LogP contribution in [-0.2, 0) is 16.4 Å². The Morgan fingerprint density at radius 2 is 1.56 bits per heavy atom. The predicted molar refractivity (Wildman–Crippen MR) is 122 cm³/mol. The van der Waals surface area contributed by atoms with Gasteiger partial charge in [-0.1, -0.05) is 0 Å². The first-order chi connectivity index (χ1) is 15.3. The van der Waals surface area contributed by atoms with E-state index in [-0.39, 0.29) is 0 Å². The van der Waals surface area contributed by atoms with Crippen LogP contribution in [0.3, 0.4) is 0 Å². The molecule has 0 saturated heterocycles. The Morgan fingerprint density at radius 1 is 0.938 bits per heavy atom. The molecule has 32 heavy (non-hydrogen) atoms. The van der Waals surface area contributed by atoms with E-state index in [0.29, 0.717) is 54.2 Å². The molecule has 1 aliphatic rings. The molecule has 0 aliphatic carbocycles. The summed E-state index contributed by atoms with van der Waals surface area (Å²) in [6.07, 6.45) is 1.89. The average molecular weight is 467 g/mol. The Labute approximate surface area is 189 Å². The van der Waals surface area contributed by atoms with Crippen LogP contribution in [0.15, 0.2) is 30.3 Å². The molecule has 0 amide bonds. The van der Waals surface area contributed by atoms with E-state index in [1.54, 1.807) is 39.5 Å². The molecule has 10 heteroatoms. The molecule has 0 atom stereocenters. The van der Waals surface area contributed by atoms with Crippen LogP contribution in [0, 0.1) is 0 Å². The number of hydrogen-bond donors (Lipinski definition) is 1. The molecule has 0 radical (unpaired) electrons. The molecule has 2 aromatic rings. The second-order valence-corrected chi connectivity index (χ2v) is 9.11. The standard InChI is InChI=1S/C22H30N2O7S/c1-27-20-13-16(14-21(28-2)22(20)29-3)7-8-24-9-11-30-18-6-5-17(23-32(4,25)26)15-19(18)31-12-10-24/h5-6,13-15,23H,7-12H2,1-4H3. The van der Waals surface area contributed by atoms with Gasteiger partial charge < -0.3 is 23.7 Å². The Morgan fingerprint density at radius 3 is 2.12 bits per heavy atom. The van der Waals surface area contributed by atoms with Crippen molar-refractivity contribution < 1.29 is 32.1 Å². The number of hydrogen-bond acceptors (Lipinski definition) is 8. The molecule has 9 nitrogen and oxygen atoms in total. The molecule has 176 valence electrons. The van der Waals surface area contributed by atoms with Gasteiger partial charge >= 0.3 is 0 Å². The SMILES string of the molecule is COc1cc(CCN2CCOc3ccc(NS(C)(=O)=O)cc3OCC2)cc(OC)c1OC. The van der Waals surface area contributed by atoms with E-state index >= 15 is 0 Å². The van der Waals surface area contributed by atoms with Gasteiger partial charge in [-0.2, -0.15) is 0 Å². The monoisotopic (exact) mass is 466 g/mol. The average Bonchev–Trinajstić information content (AvgIpc) is 2.85. The van der Waals surface area contributed by atoms with Crippen LogP contribution in [0.25, 0.3) is 0 Å². The molecule has 0 unspecified atom stereocenters. The third-order valence-corrected chi connectivity index (χ3v) is 5.62. The number of nitrogens with zero attached hydrogens (tertiary/aromatic N) is 1. The molecule has 1 aliphatic heterocycles. The van der Waals surface area contributed by atoms with Crippen LogP contribution in [0.5, 0.6) is 28.7 Å². The van der Waals surface area contributed by atoms with Crippen LogP contribution in [0.2, 0.25) is 0 Å². The van der Waals surface area contributed by atoms with Crippen LogP contribution in [0.1, 0.15) is 5.56 Å². The number of fused-ring (bicyclic) bond motifs is 1. The van der Waals surface area contributed by atoms with Crippen LogP contribution < -0.4 is 28.4 Å². The zero-order chi connectivity index (χ0) is 23.1. The first-order valence-corrected chi connectivity index (χ1v) is 12.1. The Bertz CT molecular complexity index is 1000. The first-order valence-electron chi connectivity index (χ1n) is 10.2. The van der Waals surface area contributed by atoms with Crippen LogP contribution in [-0.4, -0.2) is 73.8 Å². The fraction of sp³-hybridized carbons (Fsp3) is 0.455. The van der Waals surface area contributed by atoms with E-state index in [1.165, 1.54) is 0 Å². The minimum atomic E-state index is -3.36. The number of sulfonamides is 1. The normalized spacial score (nSPS) is 14.6. The minimum Gasteiger partial charge on any atom is -0.493 e. The van der Waals surface area contributed by atoms with Gasteiger partial charge in [0.15, 0.2) is 23.0 Å². The highest BCUT2D eigenvalue weighted by atomic mass is 32.2.